The third-order valence-corrected chi connectivity index (χ3v) is 4.37. The second-order valence-electron chi connectivity index (χ2n) is 5.13. The maximum absolute atomic E-state index is 12.2. The predicted octanol–water partition coefficient (Wildman–Crippen LogP) is 3.78. The van der Waals surface area contributed by atoms with E-state index in [2.05, 4.69) is 10.1 Å². The molecule has 0 bridgehead atoms. The number of benzene rings is 1. The number of amides is 1. The average Bonchev–Trinajstić information content (AvgIpc) is 3.26. The van der Waals surface area contributed by atoms with Crippen molar-refractivity contribution in [3.05, 3.63) is 53.7 Å². The highest BCUT2D eigenvalue weighted by molar-refractivity contribution is 7.13. The van der Waals surface area contributed by atoms with Crippen molar-refractivity contribution in [3.63, 3.8) is 0 Å². The lowest BCUT2D eigenvalue weighted by Gasteiger charge is -2.16. The molecule has 6 heteroatoms. The maximum Gasteiger partial charge on any atom is 0.226 e. The van der Waals surface area contributed by atoms with Crippen LogP contribution in [0.5, 0.6) is 0 Å². The molecule has 2 aromatic heterocycles. The Bertz CT molecular complexity index is 753. The summed E-state index contributed by atoms with van der Waals surface area (Å²) in [5.41, 5.74) is 0.898. The minimum atomic E-state index is 0.0780. The van der Waals surface area contributed by atoms with Gasteiger partial charge >= 0.3 is 0 Å². The maximum atomic E-state index is 12.2. The molecular weight excluding hydrogens is 310 g/mol. The van der Waals surface area contributed by atoms with Gasteiger partial charge in [0.25, 0.3) is 0 Å². The predicted molar refractivity (Wildman–Crippen MR) is 90.4 cm³/mol. The van der Waals surface area contributed by atoms with Crippen LogP contribution in [0.2, 0.25) is 0 Å². The van der Waals surface area contributed by atoms with Crippen LogP contribution in [0.25, 0.3) is 10.7 Å². The molecule has 0 saturated carbocycles. The van der Waals surface area contributed by atoms with Gasteiger partial charge in [0.1, 0.15) is 0 Å². The van der Waals surface area contributed by atoms with Crippen LogP contribution >= 0.6 is 11.3 Å². The number of aryl methyl sites for hydroxylation is 1. The fourth-order valence-electron chi connectivity index (χ4n) is 2.22. The molecule has 1 aromatic carbocycles. The smallest absolute Gasteiger partial charge is 0.226 e. The van der Waals surface area contributed by atoms with E-state index < -0.39 is 0 Å². The number of hydrogen-bond donors (Lipinski definition) is 0. The van der Waals surface area contributed by atoms with Gasteiger partial charge in [-0.2, -0.15) is 4.98 Å². The second kappa shape index (κ2) is 7.19. The van der Waals surface area contributed by atoms with Crippen LogP contribution < -0.4 is 4.90 Å². The van der Waals surface area contributed by atoms with E-state index in [4.69, 9.17) is 4.52 Å². The summed E-state index contributed by atoms with van der Waals surface area (Å²) in [7, 11) is 1.79. The molecule has 3 rings (SSSR count). The van der Waals surface area contributed by atoms with E-state index in [1.807, 2.05) is 47.8 Å². The van der Waals surface area contributed by atoms with E-state index in [1.165, 1.54) is 0 Å². The van der Waals surface area contributed by atoms with Gasteiger partial charge in [0, 0.05) is 25.6 Å². The highest BCUT2D eigenvalue weighted by atomic mass is 32.1. The number of anilines is 1. The van der Waals surface area contributed by atoms with Crippen molar-refractivity contribution < 1.29 is 9.32 Å². The summed E-state index contributed by atoms with van der Waals surface area (Å²) in [6.45, 7) is 0. The van der Waals surface area contributed by atoms with E-state index in [9.17, 15) is 4.79 Å². The molecule has 1 amide bonds. The van der Waals surface area contributed by atoms with Gasteiger partial charge in [-0.25, -0.2) is 0 Å². The van der Waals surface area contributed by atoms with Crippen LogP contribution in [-0.2, 0) is 11.2 Å². The Morgan fingerprint density at radius 1 is 1.22 bits per heavy atom. The number of rotatable bonds is 6. The zero-order valence-electron chi connectivity index (χ0n) is 12.8. The fourth-order valence-corrected chi connectivity index (χ4v) is 2.87. The summed E-state index contributed by atoms with van der Waals surface area (Å²) in [5.74, 6) is 1.26. The summed E-state index contributed by atoms with van der Waals surface area (Å²) in [6.07, 6.45) is 1.73. The van der Waals surface area contributed by atoms with Gasteiger partial charge in [0.05, 0.1) is 4.88 Å². The van der Waals surface area contributed by atoms with Gasteiger partial charge in [0.15, 0.2) is 0 Å². The third kappa shape index (κ3) is 3.84. The van der Waals surface area contributed by atoms with E-state index in [-0.39, 0.29) is 5.91 Å². The minimum absolute atomic E-state index is 0.0780. The molecule has 118 valence electrons. The van der Waals surface area contributed by atoms with Crippen LogP contribution in [0.3, 0.4) is 0 Å². The molecule has 23 heavy (non-hydrogen) atoms. The highest BCUT2D eigenvalue weighted by Gasteiger charge is 2.13. The number of aromatic nitrogens is 2. The molecule has 0 atom stereocenters. The summed E-state index contributed by atoms with van der Waals surface area (Å²) in [6, 6.07) is 13.5. The molecule has 0 aliphatic carbocycles. The first-order valence-corrected chi connectivity index (χ1v) is 8.30. The van der Waals surface area contributed by atoms with E-state index in [1.54, 1.807) is 23.3 Å². The molecular formula is C17H17N3O2S. The average molecular weight is 327 g/mol. The molecule has 0 radical (unpaired) electrons. The standard InChI is InChI=1S/C17H17N3O2S/c1-20(13-7-3-2-4-8-13)16(21)11-5-10-15-18-17(19-22-15)14-9-6-12-23-14/h2-4,6-9,12H,5,10-11H2,1H3. The van der Waals surface area contributed by atoms with Crippen molar-refractivity contribution in [1.29, 1.82) is 0 Å². The van der Waals surface area contributed by atoms with Crippen molar-refractivity contribution in [2.75, 3.05) is 11.9 Å². The zero-order chi connectivity index (χ0) is 16.1. The zero-order valence-corrected chi connectivity index (χ0v) is 13.6. The molecule has 3 aromatic rings. The third-order valence-electron chi connectivity index (χ3n) is 3.51. The Morgan fingerprint density at radius 3 is 2.78 bits per heavy atom. The van der Waals surface area contributed by atoms with Crippen molar-refractivity contribution >= 4 is 22.9 Å². The Balaban J connectivity index is 1.50. The normalized spacial score (nSPS) is 10.7. The van der Waals surface area contributed by atoms with Crippen LogP contribution in [0.1, 0.15) is 18.7 Å². The van der Waals surface area contributed by atoms with Gasteiger partial charge in [-0.1, -0.05) is 29.4 Å². The van der Waals surface area contributed by atoms with Gasteiger partial charge in [-0.15, -0.1) is 11.3 Å². The molecule has 0 aliphatic heterocycles. The lowest BCUT2D eigenvalue weighted by Crippen LogP contribution is -2.25. The van der Waals surface area contributed by atoms with Crippen LogP contribution in [0.15, 0.2) is 52.4 Å². The first kappa shape index (κ1) is 15.4. The van der Waals surface area contributed by atoms with Gasteiger partial charge < -0.3 is 9.42 Å². The molecule has 0 fully saturated rings. The van der Waals surface area contributed by atoms with Crippen LogP contribution in [-0.4, -0.2) is 23.1 Å². The van der Waals surface area contributed by atoms with Gasteiger partial charge in [0.2, 0.25) is 17.6 Å². The Morgan fingerprint density at radius 2 is 2.04 bits per heavy atom. The quantitative estimate of drug-likeness (QED) is 0.691. The summed E-state index contributed by atoms with van der Waals surface area (Å²) in [5, 5.41) is 5.94. The Hall–Kier alpha value is -2.47. The molecule has 0 aliphatic rings. The number of carbonyl (C=O) groups is 1. The first-order valence-electron chi connectivity index (χ1n) is 7.42. The van der Waals surface area contributed by atoms with Crippen molar-refractivity contribution in [2.24, 2.45) is 0 Å². The molecule has 0 spiro atoms. The summed E-state index contributed by atoms with van der Waals surface area (Å²) < 4.78 is 5.24. The van der Waals surface area contributed by atoms with Crippen molar-refractivity contribution in [1.82, 2.24) is 10.1 Å². The lowest BCUT2D eigenvalue weighted by atomic mass is 10.2. The monoisotopic (exact) mass is 327 g/mol. The number of hydrogen-bond acceptors (Lipinski definition) is 5. The number of nitrogens with zero attached hydrogens (tertiary/aromatic N) is 3. The lowest BCUT2D eigenvalue weighted by molar-refractivity contribution is -0.118. The molecule has 2 heterocycles. The largest absolute Gasteiger partial charge is 0.339 e. The first-order chi connectivity index (χ1) is 11.2. The fraction of sp³-hybridized carbons (Fsp3) is 0.235. The van der Waals surface area contributed by atoms with Crippen LogP contribution in [0, 0.1) is 0 Å². The second-order valence-corrected chi connectivity index (χ2v) is 6.08. The number of carbonyl (C=O) groups excluding carboxylic acids is 1. The van der Waals surface area contributed by atoms with Crippen molar-refractivity contribution in [3.8, 4) is 10.7 Å². The van der Waals surface area contributed by atoms with Crippen molar-refractivity contribution in [2.45, 2.75) is 19.3 Å². The topological polar surface area (TPSA) is 59.2 Å². The molecule has 5 nitrogen and oxygen atoms in total. The van der Waals surface area contributed by atoms with E-state index in [0.29, 0.717) is 31.0 Å². The SMILES string of the molecule is CN(C(=O)CCCc1nc(-c2cccs2)no1)c1ccccc1. The summed E-state index contributed by atoms with van der Waals surface area (Å²) in [4.78, 5) is 19.2. The summed E-state index contributed by atoms with van der Waals surface area (Å²) >= 11 is 1.57. The number of thiophene rings is 1. The van der Waals surface area contributed by atoms with Gasteiger partial charge in [-0.05, 0) is 30.0 Å². The molecule has 0 saturated heterocycles. The Labute approximate surface area is 138 Å². The van der Waals surface area contributed by atoms with Crippen LogP contribution in [0.4, 0.5) is 5.69 Å². The molecule has 0 unspecified atom stereocenters. The number of para-hydroxylation sites is 1. The molecule has 0 N–H and O–H groups in total. The Kier molecular flexibility index (Phi) is 4.83. The van der Waals surface area contributed by atoms with Gasteiger partial charge in [-0.3, -0.25) is 4.79 Å². The van der Waals surface area contributed by atoms with E-state index in [0.717, 1.165) is 10.6 Å². The minimum Gasteiger partial charge on any atom is -0.339 e. The highest BCUT2D eigenvalue weighted by Crippen LogP contribution is 2.21. The van der Waals surface area contributed by atoms with E-state index >= 15 is 0 Å².